The molecule has 0 aliphatic heterocycles. The Balaban J connectivity index is 2.18. The summed E-state index contributed by atoms with van der Waals surface area (Å²) in [5, 5.41) is 9.06. The lowest BCUT2D eigenvalue weighted by Crippen LogP contribution is -2.16. The summed E-state index contributed by atoms with van der Waals surface area (Å²) in [7, 11) is 1.88. The lowest BCUT2D eigenvalue weighted by atomic mass is 10.2. The molecule has 2 rings (SSSR count). The number of pyridine rings is 1. The molecular weight excluding hydrogens is 231 g/mol. The van der Waals surface area contributed by atoms with Crippen LogP contribution < -0.4 is 4.90 Å². The van der Waals surface area contributed by atoms with Gasteiger partial charge in [0.2, 0.25) is 0 Å². The van der Waals surface area contributed by atoms with Crippen LogP contribution in [0.4, 0.5) is 10.1 Å². The van der Waals surface area contributed by atoms with Crippen LogP contribution in [0, 0.1) is 5.82 Å². The third kappa shape index (κ3) is 3.05. The van der Waals surface area contributed by atoms with Crippen molar-refractivity contribution in [3.05, 3.63) is 59.7 Å². The summed E-state index contributed by atoms with van der Waals surface area (Å²) in [6, 6.07) is 8.40. The van der Waals surface area contributed by atoms with Crippen molar-refractivity contribution < 1.29 is 9.50 Å². The lowest BCUT2D eigenvalue weighted by Gasteiger charge is -2.20. The van der Waals surface area contributed by atoms with Gasteiger partial charge < -0.3 is 10.0 Å². The first-order chi connectivity index (χ1) is 8.69. The van der Waals surface area contributed by atoms with Crippen molar-refractivity contribution in [2.75, 3.05) is 11.9 Å². The quantitative estimate of drug-likeness (QED) is 0.899. The molecule has 0 saturated carbocycles. The van der Waals surface area contributed by atoms with E-state index in [-0.39, 0.29) is 12.4 Å². The van der Waals surface area contributed by atoms with Gasteiger partial charge in [-0.15, -0.1) is 0 Å². The minimum absolute atomic E-state index is 0.161. The van der Waals surface area contributed by atoms with Gasteiger partial charge in [0.25, 0.3) is 0 Å². The van der Waals surface area contributed by atoms with Crippen molar-refractivity contribution in [3.63, 3.8) is 0 Å². The van der Waals surface area contributed by atoms with Gasteiger partial charge in [0.15, 0.2) is 0 Å². The Morgan fingerprint density at radius 2 is 2.11 bits per heavy atom. The zero-order chi connectivity index (χ0) is 13.0. The maximum Gasteiger partial charge on any atom is 0.125 e. The number of hydrogen-bond acceptors (Lipinski definition) is 3. The first-order valence-corrected chi connectivity index (χ1v) is 5.69. The number of aromatic nitrogens is 1. The van der Waals surface area contributed by atoms with Gasteiger partial charge in [-0.25, -0.2) is 4.39 Å². The van der Waals surface area contributed by atoms with E-state index in [0.717, 1.165) is 11.3 Å². The summed E-state index contributed by atoms with van der Waals surface area (Å²) in [5.74, 6) is -0.338. The smallest absolute Gasteiger partial charge is 0.125 e. The third-order valence-corrected chi connectivity index (χ3v) is 2.71. The van der Waals surface area contributed by atoms with Gasteiger partial charge in [-0.3, -0.25) is 4.98 Å². The largest absolute Gasteiger partial charge is 0.392 e. The Morgan fingerprint density at radius 1 is 1.28 bits per heavy atom. The van der Waals surface area contributed by atoms with E-state index >= 15 is 0 Å². The predicted molar refractivity (Wildman–Crippen MR) is 68.7 cm³/mol. The molecule has 1 N–H and O–H groups in total. The van der Waals surface area contributed by atoms with Crippen LogP contribution in [0.5, 0.6) is 0 Å². The molecule has 0 spiro atoms. The number of aliphatic hydroxyl groups is 1. The summed E-state index contributed by atoms with van der Waals surface area (Å²) in [6.45, 7) is 0.480. The number of hydrogen-bond donors (Lipinski definition) is 1. The second kappa shape index (κ2) is 5.60. The second-order valence-corrected chi connectivity index (χ2v) is 4.19. The maximum atomic E-state index is 13.4. The Bertz CT molecular complexity index is 516. The summed E-state index contributed by atoms with van der Waals surface area (Å²) in [5.41, 5.74) is 2.36. The Hall–Kier alpha value is -1.94. The fraction of sp³-hybridized carbons (Fsp3) is 0.214. The molecule has 0 aliphatic rings. The fourth-order valence-corrected chi connectivity index (χ4v) is 1.80. The molecule has 2 aromatic rings. The van der Waals surface area contributed by atoms with Crippen LogP contribution in [0.3, 0.4) is 0 Å². The van der Waals surface area contributed by atoms with E-state index in [4.69, 9.17) is 5.11 Å². The van der Waals surface area contributed by atoms with E-state index in [1.807, 2.05) is 24.1 Å². The number of benzene rings is 1. The van der Waals surface area contributed by atoms with E-state index in [1.165, 1.54) is 12.1 Å². The summed E-state index contributed by atoms with van der Waals surface area (Å²) < 4.78 is 13.4. The van der Waals surface area contributed by atoms with Crippen LogP contribution in [0.2, 0.25) is 0 Å². The van der Waals surface area contributed by atoms with Crippen molar-refractivity contribution in [2.45, 2.75) is 13.2 Å². The number of halogens is 1. The average Bonchev–Trinajstić information content (AvgIpc) is 2.39. The van der Waals surface area contributed by atoms with Gasteiger partial charge in [0.05, 0.1) is 6.61 Å². The van der Waals surface area contributed by atoms with E-state index in [2.05, 4.69) is 4.98 Å². The molecule has 0 bridgehead atoms. The average molecular weight is 246 g/mol. The molecule has 0 fully saturated rings. The number of nitrogens with zero attached hydrogens (tertiary/aromatic N) is 2. The van der Waals surface area contributed by atoms with Gasteiger partial charge >= 0.3 is 0 Å². The lowest BCUT2D eigenvalue weighted by molar-refractivity contribution is 0.281. The minimum Gasteiger partial charge on any atom is -0.392 e. The highest BCUT2D eigenvalue weighted by molar-refractivity contribution is 5.48. The summed E-state index contributed by atoms with van der Waals surface area (Å²) in [6.07, 6.45) is 3.50. The van der Waals surface area contributed by atoms with Gasteiger partial charge in [-0.2, -0.15) is 0 Å². The third-order valence-electron chi connectivity index (χ3n) is 2.71. The van der Waals surface area contributed by atoms with E-state index in [0.29, 0.717) is 12.1 Å². The molecule has 0 saturated heterocycles. The highest BCUT2D eigenvalue weighted by Crippen LogP contribution is 2.19. The van der Waals surface area contributed by atoms with Crippen LogP contribution in [0.1, 0.15) is 11.1 Å². The topological polar surface area (TPSA) is 36.4 Å². The van der Waals surface area contributed by atoms with Crippen LogP contribution in [0.25, 0.3) is 0 Å². The Labute approximate surface area is 106 Å². The predicted octanol–water partition coefficient (Wildman–Crippen LogP) is 2.35. The molecule has 0 atom stereocenters. The minimum atomic E-state index is -0.338. The molecule has 0 amide bonds. The van der Waals surface area contributed by atoms with Crippen molar-refractivity contribution >= 4 is 5.69 Å². The maximum absolute atomic E-state index is 13.4. The first-order valence-electron chi connectivity index (χ1n) is 5.69. The Morgan fingerprint density at radius 3 is 2.78 bits per heavy atom. The van der Waals surface area contributed by atoms with E-state index in [1.54, 1.807) is 18.5 Å². The van der Waals surface area contributed by atoms with E-state index < -0.39 is 0 Å². The molecule has 0 aliphatic carbocycles. The molecule has 1 aromatic carbocycles. The molecule has 94 valence electrons. The van der Waals surface area contributed by atoms with Crippen LogP contribution >= 0.6 is 0 Å². The molecule has 0 radical (unpaired) electrons. The van der Waals surface area contributed by atoms with Gasteiger partial charge in [-0.05, 0) is 35.4 Å². The number of anilines is 1. The van der Waals surface area contributed by atoms with Gasteiger partial charge in [-0.1, -0.05) is 6.07 Å². The monoisotopic (exact) mass is 246 g/mol. The number of rotatable bonds is 4. The van der Waals surface area contributed by atoms with Crippen LogP contribution in [-0.4, -0.2) is 17.1 Å². The standard InChI is InChI=1S/C14H15FN2O/c1-17(9-11-3-2-4-16-8-11)14-6-12(10-18)5-13(15)7-14/h2-8,18H,9-10H2,1H3. The molecule has 1 aromatic heterocycles. The highest BCUT2D eigenvalue weighted by atomic mass is 19.1. The molecule has 3 nitrogen and oxygen atoms in total. The molecule has 1 heterocycles. The molecular formula is C14H15FN2O. The molecule has 0 unspecified atom stereocenters. The van der Waals surface area contributed by atoms with Crippen LogP contribution in [0.15, 0.2) is 42.7 Å². The zero-order valence-corrected chi connectivity index (χ0v) is 10.2. The van der Waals surface area contributed by atoms with Crippen LogP contribution in [-0.2, 0) is 13.2 Å². The Kier molecular flexibility index (Phi) is 3.89. The summed E-state index contributed by atoms with van der Waals surface area (Å²) in [4.78, 5) is 5.96. The van der Waals surface area contributed by atoms with Gasteiger partial charge in [0.1, 0.15) is 5.82 Å². The fourth-order valence-electron chi connectivity index (χ4n) is 1.80. The normalized spacial score (nSPS) is 10.4. The molecule has 18 heavy (non-hydrogen) atoms. The van der Waals surface area contributed by atoms with Crippen molar-refractivity contribution in [1.29, 1.82) is 0 Å². The van der Waals surface area contributed by atoms with Crippen molar-refractivity contribution in [3.8, 4) is 0 Å². The van der Waals surface area contributed by atoms with Crippen molar-refractivity contribution in [1.82, 2.24) is 4.98 Å². The SMILES string of the molecule is CN(Cc1cccnc1)c1cc(F)cc(CO)c1. The second-order valence-electron chi connectivity index (χ2n) is 4.19. The first kappa shape index (κ1) is 12.5. The van der Waals surface area contributed by atoms with Crippen molar-refractivity contribution in [2.24, 2.45) is 0 Å². The van der Waals surface area contributed by atoms with E-state index in [9.17, 15) is 4.39 Å². The highest BCUT2D eigenvalue weighted by Gasteiger charge is 2.06. The molecule has 4 heteroatoms. The van der Waals surface area contributed by atoms with Gasteiger partial charge in [0, 0.05) is 31.7 Å². The number of aliphatic hydroxyl groups excluding tert-OH is 1. The zero-order valence-electron chi connectivity index (χ0n) is 10.2. The summed E-state index contributed by atoms with van der Waals surface area (Å²) >= 11 is 0.